The summed E-state index contributed by atoms with van der Waals surface area (Å²) in [7, 11) is 0. The fraction of sp³-hybridized carbons (Fsp3) is 0.942. The van der Waals surface area contributed by atoms with Crippen LogP contribution >= 0.6 is 0 Å². The summed E-state index contributed by atoms with van der Waals surface area (Å²) in [5.74, 6) is 0.829. The van der Waals surface area contributed by atoms with Crippen molar-refractivity contribution in [3.63, 3.8) is 0 Å². The van der Waals surface area contributed by atoms with Gasteiger partial charge in [-0.25, -0.2) is 0 Å². The van der Waals surface area contributed by atoms with Gasteiger partial charge in [0.05, 0.1) is 0 Å². The number of carbonyl (C=O) groups excluding carboxylic acids is 3. The van der Waals surface area contributed by atoms with E-state index in [-0.39, 0.29) is 31.1 Å². The van der Waals surface area contributed by atoms with Gasteiger partial charge in [-0.15, -0.1) is 0 Å². The molecule has 0 heterocycles. The van der Waals surface area contributed by atoms with Gasteiger partial charge in [-0.2, -0.15) is 0 Å². The molecule has 0 fully saturated rings. The molecule has 0 aromatic heterocycles. The summed E-state index contributed by atoms with van der Waals surface area (Å²) in [5, 5.41) is 0. The summed E-state index contributed by atoms with van der Waals surface area (Å²) < 4.78 is 16.7. The van der Waals surface area contributed by atoms with Gasteiger partial charge in [0, 0.05) is 19.3 Å². The van der Waals surface area contributed by atoms with Crippen LogP contribution in [0.3, 0.4) is 0 Å². The highest BCUT2D eigenvalue weighted by Crippen LogP contribution is 2.17. The Hall–Kier alpha value is -1.59. The quantitative estimate of drug-likeness (QED) is 0.0346. The molecular formula is C52H100O6. The van der Waals surface area contributed by atoms with Crippen molar-refractivity contribution in [1.82, 2.24) is 0 Å². The predicted octanol–water partition coefficient (Wildman–Crippen LogP) is 16.5. The minimum Gasteiger partial charge on any atom is -0.462 e. The largest absolute Gasteiger partial charge is 0.462 e. The summed E-state index contributed by atoms with van der Waals surface area (Å²) in [4.78, 5) is 37.6. The fourth-order valence-electron chi connectivity index (χ4n) is 7.81. The lowest BCUT2D eigenvalue weighted by Gasteiger charge is -2.18. The van der Waals surface area contributed by atoms with E-state index in [1.54, 1.807) is 0 Å². The second kappa shape index (κ2) is 44.9. The lowest BCUT2D eigenvalue weighted by molar-refractivity contribution is -0.167. The van der Waals surface area contributed by atoms with E-state index in [4.69, 9.17) is 14.2 Å². The normalized spacial score (nSPS) is 12.1. The molecule has 0 aliphatic rings. The lowest BCUT2D eigenvalue weighted by Crippen LogP contribution is -2.30. The maximum atomic E-state index is 12.7. The Kier molecular flexibility index (Phi) is 43.7. The average Bonchev–Trinajstić information content (AvgIpc) is 3.19. The Morgan fingerprint density at radius 3 is 0.845 bits per heavy atom. The predicted molar refractivity (Wildman–Crippen MR) is 247 cm³/mol. The smallest absolute Gasteiger partial charge is 0.306 e. The first-order chi connectivity index (χ1) is 28.2. The molecule has 6 heteroatoms. The third-order valence-electron chi connectivity index (χ3n) is 11.7. The number of hydrogen-bond acceptors (Lipinski definition) is 6. The van der Waals surface area contributed by atoms with Gasteiger partial charge in [0.15, 0.2) is 6.10 Å². The summed E-state index contributed by atoms with van der Waals surface area (Å²) in [6, 6.07) is 0. The van der Waals surface area contributed by atoms with Crippen LogP contribution in [-0.2, 0) is 28.6 Å². The molecule has 0 bridgehead atoms. The van der Waals surface area contributed by atoms with Gasteiger partial charge in [0.1, 0.15) is 13.2 Å². The zero-order chi connectivity index (χ0) is 42.6. The van der Waals surface area contributed by atoms with Gasteiger partial charge < -0.3 is 14.2 Å². The van der Waals surface area contributed by atoms with E-state index in [9.17, 15) is 14.4 Å². The first-order valence-electron chi connectivity index (χ1n) is 25.7. The van der Waals surface area contributed by atoms with Crippen LogP contribution in [0.5, 0.6) is 0 Å². The minimum atomic E-state index is -0.759. The summed E-state index contributed by atoms with van der Waals surface area (Å²) in [6.07, 6.45) is 45.5. The maximum Gasteiger partial charge on any atom is 0.306 e. The number of rotatable bonds is 46. The van der Waals surface area contributed by atoms with Crippen LogP contribution < -0.4 is 0 Å². The molecule has 58 heavy (non-hydrogen) atoms. The van der Waals surface area contributed by atoms with E-state index in [1.807, 2.05) is 0 Å². The van der Waals surface area contributed by atoms with Crippen molar-refractivity contribution in [3.05, 3.63) is 0 Å². The Labute approximate surface area is 361 Å². The Morgan fingerprint density at radius 1 is 0.328 bits per heavy atom. The number of esters is 3. The van der Waals surface area contributed by atoms with Gasteiger partial charge in [0.2, 0.25) is 0 Å². The van der Waals surface area contributed by atoms with Gasteiger partial charge >= 0.3 is 17.9 Å². The van der Waals surface area contributed by atoms with Gasteiger partial charge in [-0.3, -0.25) is 14.4 Å². The Morgan fingerprint density at radius 2 is 0.569 bits per heavy atom. The number of unbranched alkanes of at least 4 members (excludes halogenated alkanes) is 31. The molecule has 6 nitrogen and oxygen atoms in total. The molecule has 0 aliphatic carbocycles. The molecule has 0 spiro atoms. The summed E-state index contributed by atoms with van der Waals surface area (Å²) >= 11 is 0. The maximum absolute atomic E-state index is 12.7. The van der Waals surface area contributed by atoms with Gasteiger partial charge in [-0.05, 0) is 31.1 Å². The second-order valence-electron chi connectivity index (χ2n) is 18.8. The molecule has 0 N–H and O–H groups in total. The Balaban J connectivity index is 4.09. The van der Waals surface area contributed by atoms with Crippen molar-refractivity contribution in [1.29, 1.82) is 0 Å². The molecule has 0 saturated heterocycles. The van der Waals surface area contributed by atoms with Crippen molar-refractivity contribution in [2.24, 2.45) is 11.8 Å². The first kappa shape index (κ1) is 56.4. The number of hydrogen-bond donors (Lipinski definition) is 0. The molecule has 0 unspecified atom stereocenters. The molecule has 344 valence electrons. The van der Waals surface area contributed by atoms with Crippen LogP contribution in [0.2, 0.25) is 0 Å². The SMILES string of the molecule is CCCCCCCC(=O)OC[C@@H](COC(=O)CCCCCCCCCCCCCCCCCCC(C)C)OC(=O)CCCCCCCCCCCCCCCC(C)C. The summed E-state index contributed by atoms with van der Waals surface area (Å²) in [5.41, 5.74) is 0. The van der Waals surface area contributed by atoms with Crippen molar-refractivity contribution in [2.45, 2.75) is 291 Å². The van der Waals surface area contributed by atoms with E-state index in [0.29, 0.717) is 19.3 Å². The number of ether oxygens (including phenoxy) is 3. The third kappa shape index (κ3) is 45.5. The van der Waals surface area contributed by atoms with E-state index in [2.05, 4.69) is 34.6 Å². The van der Waals surface area contributed by atoms with Crippen LogP contribution in [0.1, 0.15) is 285 Å². The molecule has 0 radical (unpaired) electrons. The molecule has 0 aliphatic heterocycles. The fourth-order valence-corrected chi connectivity index (χ4v) is 7.81. The van der Waals surface area contributed by atoms with Crippen molar-refractivity contribution in [3.8, 4) is 0 Å². The van der Waals surface area contributed by atoms with E-state index < -0.39 is 6.10 Å². The summed E-state index contributed by atoms with van der Waals surface area (Å²) in [6.45, 7) is 11.3. The zero-order valence-electron chi connectivity index (χ0n) is 39.7. The van der Waals surface area contributed by atoms with E-state index in [0.717, 1.165) is 76.0 Å². The first-order valence-corrected chi connectivity index (χ1v) is 25.7. The van der Waals surface area contributed by atoms with E-state index >= 15 is 0 Å². The van der Waals surface area contributed by atoms with Crippen molar-refractivity contribution in [2.75, 3.05) is 13.2 Å². The topological polar surface area (TPSA) is 78.9 Å². The molecule has 0 saturated carbocycles. The van der Waals surface area contributed by atoms with Crippen LogP contribution in [0.4, 0.5) is 0 Å². The van der Waals surface area contributed by atoms with Crippen LogP contribution in [0.25, 0.3) is 0 Å². The van der Waals surface area contributed by atoms with Crippen LogP contribution in [-0.4, -0.2) is 37.2 Å². The highest BCUT2D eigenvalue weighted by atomic mass is 16.6. The minimum absolute atomic E-state index is 0.0646. The molecule has 0 amide bonds. The lowest BCUT2D eigenvalue weighted by atomic mass is 10.0. The molecule has 0 aromatic rings. The highest BCUT2D eigenvalue weighted by Gasteiger charge is 2.19. The average molecular weight is 821 g/mol. The second-order valence-corrected chi connectivity index (χ2v) is 18.8. The van der Waals surface area contributed by atoms with E-state index in [1.165, 1.54) is 167 Å². The Bertz CT molecular complexity index is 885. The van der Waals surface area contributed by atoms with Gasteiger partial charge in [0.25, 0.3) is 0 Å². The van der Waals surface area contributed by atoms with Crippen molar-refractivity contribution < 1.29 is 28.6 Å². The zero-order valence-corrected chi connectivity index (χ0v) is 39.7. The van der Waals surface area contributed by atoms with Crippen molar-refractivity contribution >= 4 is 17.9 Å². The third-order valence-corrected chi connectivity index (χ3v) is 11.7. The number of carbonyl (C=O) groups is 3. The van der Waals surface area contributed by atoms with Crippen LogP contribution in [0.15, 0.2) is 0 Å². The molecule has 0 aromatic carbocycles. The molecule has 1 atom stereocenters. The van der Waals surface area contributed by atoms with Crippen LogP contribution in [0, 0.1) is 11.8 Å². The standard InChI is InChI=1S/C52H100O6/c1-6-7-8-30-37-42-50(53)56-45-49(58-52(55)44-39-34-29-25-21-17-13-15-19-23-27-32-36-41-48(4)5)46-57-51(54)43-38-33-28-24-20-16-12-10-9-11-14-18-22-26-31-35-40-47(2)3/h47-49H,6-46H2,1-5H3/t49-/m0/s1. The monoisotopic (exact) mass is 821 g/mol. The van der Waals surface area contributed by atoms with Gasteiger partial charge in [-0.1, -0.05) is 247 Å². The molecular weight excluding hydrogens is 721 g/mol. The molecule has 0 rings (SSSR count). The highest BCUT2D eigenvalue weighted by molar-refractivity contribution is 5.71.